The van der Waals surface area contributed by atoms with Gasteiger partial charge in [-0.15, -0.1) is 5.10 Å². The number of H-pyrrole nitrogens is 2. The predicted octanol–water partition coefficient (Wildman–Crippen LogP) is 2.72. The lowest BCUT2D eigenvalue weighted by Gasteiger charge is -2.11. The van der Waals surface area contributed by atoms with Crippen molar-refractivity contribution >= 4 is 5.78 Å². The third kappa shape index (κ3) is 4.41. The van der Waals surface area contributed by atoms with Crippen LogP contribution >= 0.6 is 0 Å². The highest BCUT2D eigenvalue weighted by atomic mass is 19.4. The molecular weight excluding hydrogens is 417 g/mol. The molecule has 0 aromatic carbocycles. The van der Waals surface area contributed by atoms with Crippen LogP contribution in [0.4, 0.5) is 13.2 Å². The number of aromatic amines is 2. The van der Waals surface area contributed by atoms with Crippen molar-refractivity contribution in [2.24, 2.45) is 5.92 Å². The lowest BCUT2D eigenvalue weighted by molar-refractivity contribution is -0.144. The maximum absolute atomic E-state index is 13.0. The first-order chi connectivity index (χ1) is 14.9. The molecule has 0 aliphatic heterocycles. The van der Waals surface area contributed by atoms with E-state index in [-0.39, 0.29) is 23.2 Å². The topological polar surface area (TPSA) is 119 Å². The van der Waals surface area contributed by atoms with Gasteiger partial charge >= 0.3 is 6.18 Å². The number of fused-ring (bicyclic) bond motifs is 1. The highest BCUT2D eigenvalue weighted by Crippen LogP contribution is 2.32. The summed E-state index contributed by atoms with van der Waals surface area (Å²) in [6, 6.07) is 0. The highest BCUT2D eigenvalue weighted by molar-refractivity contribution is 5.76. The molecule has 0 amide bonds. The fourth-order valence-electron chi connectivity index (χ4n) is 3.06. The number of imidazole rings is 2. The number of hydrogen-bond donors (Lipinski definition) is 2. The fourth-order valence-corrected chi connectivity index (χ4v) is 3.06. The van der Waals surface area contributed by atoms with Crippen molar-refractivity contribution in [2.75, 3.05) is 20.3 Å². The van der Waals surface area contributed by atoms with E-state index >= 15 is 0 Å². The first kappa shape index (κ1) is 20.9. The molecule has 10 nitrogen and oxygen atoms in total. The van der Waals surface area contributed by atoms with Gasteiger partial charge in [0.15, 0.2) is 5.82 Å². The molecule has 0 saturated heterocycles. The van der Waals surface area contributed by atoms with Crippen LogP contribution in [0.25, 0.3) is 28.7 Å². The zero-order valence-electron chi connectivity index (χ0n) is 16.6. The van der Waals surface area contributed by atoms with Gasteiger partial charge in [-0.05, 0) is 0 Å². The Morgan fingerprint density at radius 2 is 2.03 bits per heavy atom. The second-order valence-corrected chi connectivity index (χ2v) is 6.99. The molecular formula is C18H19F3N8O2. The molecule has 13 heteroatoms. The van der Waals surface area contributed by atoms with Gasteiger partial charge in [0.2, 0.25) is 5.78 Å². The van der Waals surface area contributed by atoms with Gasteiger partial charge in [-0.3, -0.25) is 9.50 Å². The summed E-state index contributed by atoms with van der Waals surface area (Å²) in [5, 5.41) is 5.57. The average Bonchev–Trinajstić information content (AvgIpc) is 3.45. The van der Waals surface area contributed by atoms with Crippen LogP contribution in [0, 0.1) is 5.92 Å². The van der Waals surface area contributed by atoms with Gasteiger partial charge in [0.25, 0.3) is 5.82 Å². The van der Waals surface area contributed by atoms with Crippen molar-refractivity contribution in [2.45, 2.75) is 19.7 Å². The number of methoxy groups -OCH3 is 1. The van der Waals surface area contributed by atoms with Gasteiger partial charge in [-0.25, -0.2) is 19.9 Å². The minimum absolute atomic E-state index is 0.131. The van der Waals surface area contributed by atoms with Crippen molar-refractivity contribution in [3.8, 4) is 22.9 Å². The van der Waals surface area contributed by atoms with Gasteiger partial charge < -0.3 is 14.5 Å². The lowest BCUT2D eigenvalue weighted by Crippen LogP contribution is -2.11. The van der Waals surface area contributed by atoms with Gasteiger partial charge in [0, 0.05) is 31.0 Å². The average molecular weight is 436 g/mol. The Bertz CT molecular complexity index is 1150. The third-order valence-electron chi connectivity index (χ3n) is 4.37. The van der Waals surface area contributed by atoms with E-state index in [0.717, 1.165) is 5.56 Å². The summed E-state index contributed by atoms with van der Waals surface area (Å²) in [7, 11) is 1.63. The molecule has 4 heterocycles. The van der Waals surface area contributed by atoms with Crippen LogP contribution in [0.5, 0.6) is 0 Å². The Morgan fingerprint density at radius 3 is 2.71 bits per heavy atom. The van der Waals surface area contributed by atoms with E-state index in [1.807, 2.05) is 6.92 Å². The van der Waals surface area contributed by atoms with Crippen LogP contribution in [-0.4, -0.2) is 59.8 Å². The number of ether oxygens (including phenoxy) is 2. The maximum Gasteiger partial charge on any atom is 0.453 e. The van der Waals surface area contributed by atoms with E-state index in [0.29, 0.717) is 31.2 Å². The van der Waals surface area contributed by atoms with Crippen LogP contribution < -0.4 is 0 Å². The Hall–Kier alpha value is -3.32. The van der Waals surface area contributed by atoms with E-state index in [4.69, 9.17) is 9.47 Å². The number of halogens is 3. The van der Waals surface area contributed by atoms with Gasteiger partial charge in [0.1, 0.15) is 11.4 Å². The van der Waals surface area contributed by atoms with Gasteiger partial charge in [-0.2, -0.15) is 13.2 Å². The number of hydrogen-bond acceptors (Lipinski definition) is 7. The zero-order valence-corrected chi connectivity index (χ0v) is 16.6. The highest BCUT2D eigenvalue weighted by Gasteiger charge is 2.36. The molecule has 2 N–H and O–H groups in total. The van der Waals surface area contributed by atoms with Crippen molar-refractivity contribution in [3.05, 3.63) is 36.3 Å². The summed E-state index contributed by atoms with van der Waals surface area (Å²) < 4.78 is 51.3. The molecule has 31 heavy (non-hydrogen) atoms. The summed E-state index contributed by atoms with van der Waals surface area (Å²) in [6.45, 7) is 3.40. The van der Waals surface area contributed by atoms with Crippen LogP contribution in [0.15, 0.2) is 24.9 Å². The number of rotatable bonds is 8. The molecule has 164 valence electrons. The monoisotopic (exact) mass is 436 g/mol. The summed E-state index contributed by atoms with van der Waals surface area (Å²) in [4.78, 5) is 19.2. The van der Waals surface area contributed by atoms with E-state index < -0.39 is 12.0 Å². The van der Waals surface area contributed by atoms with Gasteiger partial charge in [-0.1, -0.05) is 6.92 Å². The molecule has 4 rings (SSSR count). The standard InChI is InChI=1S/C18H19F3N8O2/c1-10(6-30-2)7-31-8-11-3-23-17-25-13(15-26-16(28-27-15)18(19,20)21)14(29(17)5-11)12-4-22-9-24-12/h3-5,9-10H,6-8H2,1-2H3,(H,22,24)(H,26,27,28). The Morgan fingerprint density at radius 1 is 1.19 bits per heavy atom. The van der Waals surface area contributed by atoms with E-state index in [9.17, 15) is 13.2 Å². The van der Waals surface area contributed by atoms with Crippen LogP contribution in [0.2, 0.25) is 0 Å². The Kier molecular flexibility index (Phi) is 5.69. The fraction of sp³-hybridized carbons (Fsp3) is 0.389. The molecule has 0 saturated carbocycles. The largest absolute Gasteiger partial charge is 0.453 e. The second-order valence-electron chi connectivity index (χ2n) is 6.99. The molecule has 1 atom stereocenters. The molecule has 0 aliphatic carbocycles. The number of nitrogens with zero attached hydrogens (tertiary/aromatic N) is 6. The minimum atomic E-state index is -4.68. The molecule has 1 unspecified atom stereocenters. The normalized spacial score (nSPS) is 13.2. The van der Waals surface area contributed by atoms with Crippen LogP contribution in [0.3, 0.4) is 0 Å². The summed E-state index contributed by atoms with van der Waals surface area (Å²) in [5.41, 5.74) is 1.89. The first-order valence-electron chi connectivity index (χ1n) is 9.29. The van der Waals surface area contributed by atoms with E-state index in [1.165, 1.54) is 12.5 Å². The zero-order chi connectivity index (χ0) is 22.0. The smallest absolute Gasteiger partial charge is 0.384 e. The predicted molar refractivity (Wildman–Crippen MR) is 102 cm³/mol. The lowest BCUT2D eigenvalue weighted by atomic mass is 10.2. The van der Waals surface area contributed by atoms with Crippen molar-refractivity contribution in [1.29, 1.82) is 0 Å². The van der Waals surface area contributed by atoms with Crippen molar-refractivity contribution in [1.82, 2.24) is 39.5 Å². The van der Waals surface area contributed by atoms with E-state index in [2.05, 4.69) is 35.1 Å². The third-order valence-corrected chi connectivity index (χ3v) is 4.37. The van der Waals surface area contributed by atoms with Crippen LogP contribution in [-0.2, 0) is 22.3 Å². The molecule has 0 radical (unpaired) electrons. The molecule has 0 spiro atoms. The molecule has 4 aromatic rings. The Labute approximate surface area is 173 Å². The van der Waals surface area contributed by atoms with Crippen LogP contribution in [0.1, 0.15) is 18.3 Å². The summed E-state index contributed by atoms with van der Waals surface area (Å²) in [5.74, 6) is -0.895. The van der Waals surface area contributed by atoms with Crippen molar-refractivity contribution < 1.29 is 22.6 Å². The molecule has 0 aliphatic rings. The quantitative estimate of drug-likeness (QED) is 0.436. The number of aromatic nitrogens is 8. The van der Waals surface area contributed by atoms with Gasteiger partial charge in [0.05, 0.1) is 38.0 Å². The maximum atomic E-state index is 13.0. The van der Waals surface area contributed by atoms with E-state index in [1.54, 1.807) is 23.9 Å². The molecule has 0 bridgehead atoms. The second kappa shape index (κ2) is 8.43. The SMILES string of the molecule is COCC(C)COCc1cnc2nc(-c3nc(C(F)(F)F)n[nH]3)c(-c3cnc[nH]3)n2c1. The number of nitrogens with one attached hydrogen (secondary N) is 2. The minimum Gasteiger partial charge on any atom is -0.384 e. The molecule has 0 fully saturated rings. The molecule has 4 aromatic heterocycles. The first-order valence-corrected chi connectivity index (χ1v) is 9.29. The summed E-state index contributed by atoms with van der Waals surface area (Å²) in [6.07, 6.45) is 1.67. The number of alkyl halides is 3. The van der Waals surface area contributed by atoms with Crippen molar-refractivity contribution in [3.63, 3.8) is 0 Å². The summed E-state index contributed by atoms with van der Waals surface area (Å²) >= 11 is 0. The Balaban J connectivity index is 1.70.